The Kier molecular flexibility index (Phi) is 5.62. The van der Waals surface area contributed by atoms with Crippen LogP contribution in [0.5, 0.6) is 0 Å². The van der Waals surface area contributed by atoms with Crippen molar-refractivity contribution in [3.8, 4) is 0 Å². The van der Waals surface area contributed by atoms with Crippen LogP contribution in [0.2, 0.25) is 0 Å². The van der Waals surface area contributed by atoms with Crippen molar-refractivity contribution < 1.29 is 4.79 Å². The van der Waals surface area contributed by atoms with Gasteiger partial charge in [-0.25, -0.2) is 0 Å². The minimum Gasteiger partial charge on any atom is -0.340 e. The van der Waals surface area contributed by atoms with Crippen molar-refractivity contribution in [3.63, 3.8) is 0 Å². The smallest absolute Gasteiger partial charge is 0.223 e. The molecule has 23 heavy (non-hydrogen) atoms. The molecule has 2 aliphatic rings. The SMILES string of the molecule is CN1CCN(C(=O)CCN2CCC[C@H](c3ccccn3)C2)CC1. The molecule has 0 unspecified atom stereocenters. The number of likely N-dealkylation sites (N-methyl/N-ethyl adjacent to an activating group) is 1. The van der Waals surface area contributed by atoms with Crippen LogP contribution in [0.15, 0.2) is 24.4 Å². The van der Waals surface area contributed by atoms with Gasteiger partial charge in [-0.05, 0) is 38.6 Å². The number of likely N-dealkylation sites (tertiary alicyclic amines) is 1. The monoisotopic (exact) mass is 316 g/mol. The molecule has 5 heteroatoms. The number of pyridine rings is 1. The summed E-state index contributed by atoms with van der Waals surface area (Å²) >= 11 is 0. The summed E-state index contributed by atoms with van der Waals surface area (Å²) in [5.74, 6) is 0.835. The van der Waals surface area contributed by atoms with E-state index in [1.54, 1.807) is 0 Å². The minimum atomic E-state index is 0.318. The number of piperazine rings is 1. The van der Waals surface area contributed by atoms with Crippen LogP contribution in [0.25, 0.3) is 0 Å². The van der Waals surface area contributed by atoms with Gasteiger partial charge in [0.15, 0.2) is 0 Å². The molecule has 2 saturated heterocycles. The van der Waals surface area contributed by atoms with Gasteiger partial charge in [-0.15, -0.1) is 0 Å². The average molecular weight is 316 g/mol. The lowest BCUT2D eigenvalue weighted by molar-refractivity contribution is -0.133. The van der Waals surface area contributed by atoms with Gasteiger partial charge in [-0.2, -0.15) is 0 Å². The van der Waals surface area contributed by atoms with E-state index in [4.69, 9.17) is 0 Å². The Balaban J connectivity index is 1.45. The highest BCUT2D eigenvalue weighted by Gasteiger charge is 2.24. The standard InChI is InChI=1S/C18H28N4O/c1-20-11-13-22(14-12-20)18(23)7-10-21-9-4-5-16(15-21)17-6-2-3-8-19-17/h2-3,6,8,16H,4-5,7,9-15H2,1H3/t16-/m0/s1. The summed E-state index contributed by atoms with van der Waals surface area (Å²) in [6.45, 7) is 6.78. The highest BCUT2D eigenvalue weighted by molar-refractivity contribution is 5.76. The number of carbonyl (C=O) groups is 1. The number of rotatable bonds is 4. The van der Waals surface area contributed by atoms with Gasteiger partial charge in [0.25, 0.3) is 0 Å². The molecule has 0 N–H and O–H groups in total. The van der Waals surface area contributed by atoms with Crippen molar-refractivity contribution in [2.45, 2.75) is 25.2 Å². The van der Waals surface area contributed by atoms with Crippen molar-refractivity contribution >= 4 is 5.91 Å². The predicted octanol–water partition coefficient (Wildman–Crippen LogP) is 1.43. The molecule has 0 bridgehead atoms. The van der Waals surface area contributed by atoms with Crippen molar-refractivity contribution in [1.29, 1.82) is 0 Å². The number of nitrogens with zero attached hydrogens (tertiary/aromatic N) is 4. The molecule has 0 aliphatic carbocycles. The molecule has 3 rings (SSSR count). The summed E-state index contributed by atoms with van der Waals surface area (Å²) in [6.07, 6.45) is 4.94. The third-order valence-electron chi connectivity index (χ3n) is 5.11. The molecule has 2 fully saturated rings. The van der Waals surface area contributed by atoms with Crippen LogP contribution in [-0.2, 0) is 4.79 Å². The quantitative estimate of drug-likeness (QED) is 0.842. The Bertz CT molecular complexity index is 499. The summed E-state index contributed by atoms with van der Waals surface area (Å²) < 4.78 is 0. The molecule has 0 saturated carbocycles. The van der Waals surface area contributed by atoms with Gasteiger partial charge in [-0.1, -0.05) is 6.07 Å². The number of carbonyl (C=O) groups excluding carboxylic acids is 1. The van der Waals surface area contributed by atoms with E-state index in [2.05, 4.69) is 34.0 Å². The summed E-state index contributed by atoms with van der Waals surface area (Å²) in [7, 11) is 2.12. The second kappa shape index (κ2) is 7.88. The van der Waals surface area contributed by atoms with Gasteiger partial charge in [0.05, 0.1) is 0 Å². The summed E-state index contributed by atoms with van der Waals surface area (Å²) in [4.78, 5) is 23.6. The maximum atomic E-state index is 12.4. The number of piperidine rings is 1. The molecular formula is C18H28N4O. The minimum absolute atomic E-state index is 0.318. The van der Waals surface area contributed by atoms with Crippen LogP contribution in [0.1, 0.15) is 30.9 Å². The van der Waals surface area contributed by atoms with E-state index >= 15 is 0 Å². The van der Waals surface area contributed by atoms with E-state index < -0.39 is 0 Å². The third-order valence-corrected chi connectivity index (χ3v) is 5.11. The summed E-state index contributed by atoms with van der Waals surface area (Å²) in [6, 6.07) is 6.17. The molecular weight excluding hydrogens is 288 g/mol. The Hall–Kier alpha value is -1.46. The predicted molar refractivity (Wildman–Crippen MR) is 91.3 cm³/mol. The Morgan fingerprint density at radius 1 is 1.22 bits per heavy atom. The normalized spacial score (nSPS) is 23.9. The summed E-state index contributed by atoms with van der Waals surface area (Å²) in [5, 5.41) is 0. The number of aromatic nitrogens is 1. The molecule has 1 amide bonds. The lowest BCUT2D eigenvalue weighted by Crippen LogP contribution is -2.48. The van der Waals surface area contributed by atoms with Crippen molar-refractivity contribution in [2.24, 2.45) is 0 Å². The van der Waals surface area contributed by atoms with Crippen LogP contribution in [0, 0.1) is 0 Å². The molecule has 5 nitrogen and oxygen atoms in total. The van der Waals surface area contributed by atoms with Gasteiger partial charge in [-0.3, -0.25) is 9.78 Å². The molecule has 3 heterocycles. The molecule has 2 aliphatic heterocycles. The Morgan fingerprint density at radius 3 is 2.78 bits per heavy atom. The van der Waals surface area contributed by atoms with Gasteiger partial charge in [0.2, 0.25) is 5.91 Å². The second-order valence-corrected chi connectivity index (χ2v) is 6.83. The van der Waals surface area contributed by atoms with Crippen molar-refractivity contribution in [1.82, 2.24) is 19.7 Å². The molecule has 0 aromatic carbocycles. The van der Waals surface area contributed by atoms with E-state index in [1.807, 2.05) is 17.2 Å². The number of amides is 1. The zero-order chi connectivity index (χ0) is 16.1. The maximum absolute atomic E-state index is 12.4. The molecule has 1 aromatic heterocycles. The topological polar surface area (TPSA) is 39.7 Å². The van der Waals surface area contributed by atoms with E-state index in [0.717, 1.165) is 45.8 Å². The first-order valence-corrected chi connectivity index (χ1v) is 8.82. The molecule has 1 atom stereocenters. The number of hydrogen-bond donors (Lipinski definition) is 0. The molecule has 0 spiro atoms. The van der Waals surface area contributed by atoms with Gasteiger partial charge >= 0.3 is 0 Å². The van der Waals surface area contributed by atoms with Crippen LogP contribution in [0.4, 0.5) is 0 Å². The van der Waals surface area contributed by atoms with E-state index in [1.165, 1.54) is 18.5 Å². The first-order valence-electron chi connectivity index (χ1n) is 8.82. The van der Waals surface area contributed by atoms with E-state index in [0.29, 0.717) is 18.2 Å². The first kappa shape index (κ1) is 16.4. The van der Waals surface area contributed by atoms with E-state index in [-0.39, 0.29) is 0 Å². The Morgan fingerprint density at radius 2 is 2.04 bits per heavy atom. The van der Waals surface area contributed by atoms with Gasteiger partial charge in [0, 0.05) is 63.5 Å². The maximum Gasteiger partial charge on any atom is 0.223 e. The van der Waals surface area contributed by atoms with Gasteiger partial charge in [0.1, 0.15) is 0 Å². The lowest BCUT2D eigenvalue weighted by Gasteiger charge is -2.35. The second-order valence-electron chi connectivity index (χ2n) is 6.83. The fourth-order valence-corrected chi connectivity index (χ4v) is 3.59. The Labute approximate surface area is 139 Å². The van der Waals surface area contributed by atoms with E-state index in [9.17, 15) is 4.79 Å². The first-order chi connectivity index (χ1) is 11.2. The largest absolute Gasteiger partial charge is 0.340 e. The van der Waals surface area contributed by atoms with Crippen LogP contribution >= 0.6 is 0 Å². The molecule has 126 valence electrons. The fourth-order valence-electron chi connectivity index (χ4n) is 3.59. The van der Waals surface area contributed by atoms with Crippen LogP contribution in [0.3, 0.4) is 0 Å². The number of hydrogen-bond acceptors (Lipinski definition) is 4. The molecule has 0 radical (unpaired) electrons. The lowest BCUT2D eigenvalue weighted by atomic mass is 9.94. The van der Waals surface area contributed by atoms with Crippen LogP contribution < -0.4 is 0 Å². The van der Waals surface area contributed by atoms with Crippen molar-refractivity contribution in [3.05, 3.63) is 30.1 Å². The zero-order valence-corrected chi connectivity index (χ0v) is 14.2. The molecule has 1 aromatic rings. The average Bonchev–Trinajstić information content (AvgIpc) is 2.61. The highest BCUT2D eigenvalue weighted by Crippen LogP contribution is 2.25. The van der Waals surface area contributed by atoms with Crippen LogP contribution in [-0.4, -0.2) is 78.5 Å². The fraction of sp³-hybridized carbons (Fsp3) is 0.667. The zero-order valence-electron chi connectivity index (χ0n) is 14.2. The third kappa shape index (κ3) is 4.52. The van der Waals surface area contributed by atoms with Crippen molar-refractivity contribution in [2.75, 3.05) is 52.9 Å². The summed E-state index contributed by atoms with van der Waals surface area (Å²) in [5.41, 5.74) is 1.20. The van der Waals surface area contributed by atoms with Gasteiger partial charge < -0.3 is 14.7 Å². The highest BCUT2D eigenvalue weighted by atomic mass is 16.2.